The Balaban J connectivity index is 1.56. The number of nitrogens with zero attached hydrogens (tertiary/aromatic N) is 1. The number of halogens is 3. The van der Waals surface area contributed by atoms with Gasteiger partial charge in [-0.05, 0) is 48.9 Å². The lowest BCUT2D eigenvalue weighted by Gasteiger charge is -2.19. The molecular formula is C15H18F3N3O2. The first-order valence-corrected chi connectivity index (χ1v) is 7.49. The lowest BCUT2D eigenvalue weighted by molar-refractivity contribution is -0.274. The number of hydrogen-bond donors (Lipinski definition) is 2. The zero-order valence-corrected chi connectivity index (χ0v) is 12.3. The SMILES string of the molecule is NC1CCC2CN(C(=O)Nc3ccc(OC(F)(F)F)cc3)CC12. The third kappa shape index (κ3) is 3.69. The molecule has 23 heavy (non-hydrogen) atoms. The Morgan fingerprint density at radius 1 is 1.22 bits per heavy atom. The largest absolute Gasteiger partial charge is 0.573 e. The maximum Gasteiger partial charge on any atom is 0.573 e. The number of alkyl halides is 3. The van der Waals surface area contributed by atoms with Gasteiger partial charge in [0.15, 0.2) is 0 Å². The van der Waals surface area contributed by atoms with E-state index < -0.39 is 6.36 Å². The van der Waals surface area contributed by atoms with Gasteiger partial charge < -0.3 is 20.7 Å². The molecule has 0 aromatic heterocycles. The topological polar surface area (TPSA) is 67.6 Å². The van der Waals surface area contributed by atoms with E-state index in [0.29, 0.717) is 30.6 Å². The first-order chi connectivity index (χ1) is 10.8. The molecule has 1 heterocycles. The van der Waals surface area contributed by atoms with Gasteiger partial charge in [0.2, 0.25) is 0 Å². The van der Waals surface area contributed by atoms with Crippen molar-refractivity contribution in [2.24, 2.45) is 17.6 Å². The molecule has 2 amide bonds. The quantitative estimate of drug-likeness (QED) is 0.877. The molecule has 1 aromatic carbocycles. The number of benzene rings is 1. The van der Waals surface area contributed by atoms with Crippen molar-refractivity contribution in [2.45, 2.75) is 25.2 Å². The lowest BCUT2D eigenvalue weighted by atomic mass is 9.98. The number of ether oxygens (including phenoxy) is 1. The van der Waals surface area contributed by atoms with E-state index >= 15 is 0 Å². The molecule has 8 heteroatoms. The van der Waals surface area contributed by atoms with Crippen molar-refractivity contribution in [1.29, 1.82) is 0 Å². The summed E-state index contributed by atoms with van der Waals surface area (Å²) in [6, 6.07) is 4.98. The average molecular weight is 329 g/mol. The van der Waals surface area contributed by atoms with E-state index in [4.69, 9.17) is 5.73 Å². The highest BCUT2D eigenvalue weighted by Gasteiger charge is 2.42. The van der Waals surface area contributed by atoms with Crippen LogP contribution in [0.15, 0.2) is 24.3 Å². The number of urea groups is 1. The van der Waals surface area contributed by atoms with Gasteiger partial charge >= 0.3 is 12.4 Å². The van der Waals surface area contributed by atoms with E-state index in [9.17, 15) is 18.0 Å². The molecule has 2 aliphatic rings. The van der Waals surface area contributed by atoms with E-state index in [0.717, 1.165) is 25.0 Å². The Kier molecular flexibility index (Phi) is 4.09. The maximum atomic E-state index is 12.2. The van der Waals surface area contributed by atoms with Gasteiger partial charge in [-0.1, -0.05) is 0 Å². The predicted octanol–water partition coefficient (Wildman–Crippen LogP) is 2.79. The summed E-state index contributed by atoms with van der Waals surface area (Å²) in [5.74, 6) is 0.485. The molecule has 3 N–H and O–H groups in total. The molecule has 1 aromatic rings. The minimum Gasteiger partial charge on any atom is -0.406 e. The number of nitrogens with one attached hydrogen (secondary N) is 1. The Morgan fingerprint density at radius 2 is 1.91 bits per heavy atom. The highest BCUT2D eigenvalue weighted by Crippen LogP contribution is 2.37. The van der Waals surface area contributed by atoms with Crippen molar-refractivity contribution < 1.29 is 22.7 Å². The molecule has 126 valence electrons. The molecule has 1 saturated heterocycles. The summed E-state index contributed by atoms with van der Waals surface area (Å²) in [6.07, 6.45) is -2.68. The van der Waals surface area contributed by atoms with Crippen LogP contribution in [0.1, 0.15) is 12.8 Å². The molecule has 0 bridgehead atoms. The Hall–Kier alpha value is -1.96. The van der Waals surface area contributed by atoms with Crippen LogP contribution in [0.25, 0.3) is 0 Å². The second-order valence-electron chi connectivity index (χ2n) is 6.07. The first-order valence-electron chi connectivity index (χ1n) is 7.49. The van der Waals surface area contributed by atoms with E-state index in [-0.39, 0.29) is 17.8 Å². The first kappa shape index (κ1) is 15.9. The molecule has 1 aliphatic carbocycles. The molecule has 2 fully saturated rings. The Labute approximate surface area is 131 Å². The molecule has 3 atom stereocenters. The summed E-state index contributed by atoms with van der Waals surface area (Å²) in [4.78, 5) is 13.9. The highest BCUT2D eigenvalue weighted by molar-refractivity contribution is 5.89. The summed E-state index contributed by atoms with van der Waals surface area (Å²) in [6.45, 7) is 1.31. The van der Waals surface area contributed by atoms with Crippen LogP contribution in [0.5, 0.6) is 5.75 Å². The Bertz CT molecular complexity index is 576. The van der Waals surface area contributed by atoms with Gasteiger partial charge in [-0.25, -0.2) is 4.79 Å². The number of anilines is 1. The van der Waals surface area contributed by atoms with Crippen molar-refractivity contribution in [1.82, 2.24) is 4.90 Å². The van der Waals surface area contributed by atoms with Crippen molar-refractivity contribution in [3.05, 3.63) is 24.3 Å². The van der Waals surface area contributed by atoms with Gasteiger partial charge in [-0.15, -0.1) is 13.2 Å². The van der Waals surface area contributed by atoms with E-state index in [1.165, 1.54) is 12.1 Å². The molecule has 3 rings (SSSR count). The van der Waals surface area contributed by atoms with Crippen molar-refractivity contribution in [3.63, 3.8) is 0 Å². The Morgan fingerprint density at radius 3 is 2.52 bits per heavy atom. The van der Waals surface area contributed by atoms with Gasteiger partial charge in [0.1, 0.15) is 5.75 Å². The van der Waals surface area contributed by atoms with Crippen molar-refractivity contribution >= 4 is 11.7 Å². The molecule has 1 saturated carbocycles. The molecule has 0 radical (unpaired) electrons. The molecule has 5 nitrogen and oxygen atoms in total. The third-order valence-electron chi connectivity index (χ3n) is 4.54. The highest BCUT2D eigenvalue weighted by atomic mass is 19.4. The average Bonchev–Trinajstić information content (AvgIpc) is 3.02. The van der Waals surface area contributed by atoms with Gasteiger partial charge in [0.25, 0.3) is 0 Å². The number of nitrogens with two attached hydrogens (primary N) is 1. The number of rotatable bonds is 2. The fourth-order valence-electron chi connectivity index (χ4n) is 3.42. The molecule has 1 aliphatic heterocycles. The summed E-state index contributed by atoms with van der Waals surface area (Å²) in [5, 5.41) is 2.69. The summed E-state index contributed by atoms with van der Waals surface area (Å²) < 4.78 is 40.1. The number of hydrogen-bond acceptors (Lipinski definition) is 3. The fourth-order valence-corrected chi connectivity index (χ4v) is 3.42. The minimum absolute atomic E-state index is 0.150. The zero-order valence-electron chi connectivity index (χ0n) is 12.3. The van der Waals surface area contributed by atoms with Gasteiger partial charge in [-0.2, -0.15) is 0 Å². The van der Waals surface area contributed by atoms with Crippen LogP contribution >= 0.6 is 0 Å². The number of amides is 2. The van der Waals surface area contributed by atoms with E-state index in [1.807, 2.05) is 0 Å². The lowest BCUT2D eigenvalue weighted by Crippen LogP contribution is -2.36. The van der Waals surface area contributed by atoms with Crippen LogP contribution in [0, 0.1) is 11.8 Å². The number of carbonyl (C=O) groups is 1. The summed E-state index contributed by atoms with van der Waals surface area (Å²) in [5.41, 5.74) is 6.46. The number of likely N-dealkylation sites (tertiary alicyclic amines) is 1. The second kappa shape index (κ2) is 5.92. The van der Waals surface area contributed by atoms with Crippen LogP contribution in [-0.4, -0.2) is 36.4 Å². The summed E-state index contributed by atoms with van der Waals surface area (Å²) in [7, 11) is 0. The predicted molar refractivity (Wildman–Crippen MR) is 77.9 cm³/mol. The van der Waals surface area contributed by atoms with Crippen molar-refractivity contribution in [3.8, 4) is 5.75 Å². The fraction of sp³-hybridized carbons (Fsp3) is 0.533. The maximum absolute atomic E-state index is 12.2. The molecule has 0 spiro atoms. The van der Waals surface area contributed by atoms with Gasteiger partial charge in [0, 0.05) is 24.8 Å². The van der Waals surface area contributed by atoms with Crippen LogP contribution in [0.4, 0.5) is 23.7 Å². The third-order valence-corrected chi connectivity index (χ3v) is 4.54. The van der Waals surface area contributed by atoms with E-state index in [1.54, 1.807) is 4.90 Å². The van der Waals surface area contributed by atoms with Crippen LogP contribution < -0.4 is 15.8 Å². The number of fused-ring (bicyclic) bond motifs is 1. The normalized spacial score (nSPS) is 27.0. The molecular weight excluding hydrogens is 311 g/mol. The smallest absolute Gasteiger partial charge is 0.406 e. The minimum atomic E-state index is -4.73. The monoisotopic (exact) mass is 329 g/mol. The summed E-state index contributed by atoms with van der Waals surface area (Å²) >= 11 is 0. The van der Waals surface area contributed by atoms with Crippen LogP contribution in [0.3, 0.4) is 0 Å². The van der Waals surface area contributed by atoms with E-state index in [2.05, 4.69) is 10.1 Å². The van der Waals surface area contributed by atoms with Crippen LogP contribution in [0.2, 0.25) is 0 Å². The molecule has 3 unspecified atom stereocenters. The zero-order chi connectivity index (χ0) is 16.6. The standard InChI is InChI=1S/C15H18F3N3O2/c16-15(17,18)23-11-4-2-10(3-5-11)20-14(22)21-7-9-1-6-13(19)12(9)8-21/h2-5,9,12-13H,1,6-8,19H2,(H,20,22). The van der Waals surface area contributed by atoms with Gasteiger partial charge in [-0.3, -0.25) is 0 Å². The van der Waals surface area contributed by atoms with Gasteiger partial charge in [0.05, 0.1) is 0 Å². The number of carbonyl (C=O) groups excluding carboxylic acids is 1. The van der Waals surface area contributed by atoms with Crippen molar-refractivity contribution in [2.75, 3.05) is 18.4 Å². The second-order valence-corrected chi connectivity index (χ2v) is 6.07. The van der Waals surface area contributed by atoms with Crippen LogP contribution in [-0.2, 0) is 0 Å².